The number of hydrogen-bond donors (Lipinski definition) is 1. The maximum absolute atomic E-state index is 12.6. The van der Waals surface area contributed by atoms with E-state index in [0.29, 0.717) is 6.42 Å². The summed E-state index contributed by atoms with van der Waals surface area (Å²) in [5, 5.41) is 12.0. The van der Waals surface area contributed by atoms with Crippen LogP contribution in [0.1, 0.15) is 36.6 Å². The Bertz CT molecular complexity index is 1100. The molecule has 0 bridgehead atoms. The van der Waals surface area contributed by atoms with Crippen molar-refractivity contribution in [3.63, 3.8) is 0 Å². The zero-order chi connectivity index (χ0) is 19.1. The van der Waals surface area contributed by atoms with Crippen LogP contribution < -0.4 is 9.84 Å². The molecule has 2 amide bonds. The monoisotopic (exact) mass is 363 g/mol. The van der Waals surface area contributed by atoms with Crippen LogP contribution in [0.3, 0.4) is 0 Å². The number of ether oxygens (including phenoxy) is 1. The molecule has 4 rings (SSSR count). The van der Waals surface area contributed by atoms with Crippen LogP contribution in [0.5, 0.6) is 5.75 Å². The van der Waals surface area contributed by atoms with Gasteiger partial charge in [-0.15, -0.1) is 0 Å². The second-order valence-corrected chi connectivity index (χ2v) is 6.29. The van der Waals surface area contributed by atoms with Gasteiger partial charge >= 0.3 is 0 Å². The highest BCUT2D eigenvalue weighted by molar-refractivity contribution is 6.21. The number of aromatic carboxylic acids is 1. The molecule has 0 saturated heterocycles. The fourth-order valence-electron chi connectivity index (χ4n) is 3.34. The number of hydrogen-bond acceptors (Lipinski definition) is 5. The van der Waals surface area contributed by atoms with Gasteiger partial charge in [-0.25, -0.2) is 0 Å². The first kappa shape index (κ1) is 16.8. The molecule has 0 saturated carbocycles. The standard InChI is InChI=1S/C20H16N2O5/c1-27-13-3-5-17-15(9-13)12(10-21-17)6-7-22-18(23)14-4-2-11(20(25)26)8-16(14)19(22)24/h2-5,8-10,21H,6-7H2,1H3,(H,25,26)/p-1. The number of carboxylic acid groups (broad SMARTS) is 1. The third kappa shape index (κ3) is 2.73. The normalized spacial score (nSPS) is 13.3. The molecule has 27 heavy (non-hydrogen) atoms. The molecule has 1 aliphatic rings. The van der Waals surface area contributed by atoms with Gasteiger partial charge in [0.2, 0.25) is 0 Å². The lowest BCUT2D eigenvalue weighted by molar-refractivity contribution is -0.255. The van der Waals surface area contributed by atoms with Crippen molar-refractivity contribution in [3.05, 3.63) is 64.8 Å². The van der Waals surface area contributed by atoms with Crippen LogP contribution in [0.15, 0.2) is 42.6 Å². The molecule has 7 heteroatoms. The van der Waals surface area contributed by atoms with Crippen LogP contribution >= 0.6 is 0 Å². The van der Waals surface area contributed by atoms with Gasteiger partial charge in [0.05, 0.1) is 24.2 Å². The number of amides is 2. The number of nitrogens with zero attached hydrogens (tertiary/aromatic N) is 1. The van der Waals surface area contributed by atoms with Crippen LogP contribution in [0.25, 0.3) is 10.9 Å². The SMILES string of the molecule is COc1ccc2[nH]cc(CCN3C(=O)c4ccc(C(=O)[O-])cc4C3=O)c2c1. The van der Waals surface area contributed by atoms with Crippen molar-refractivity contribution in [2.75, 3.05) is 13.7 Å². The first-order valence-corrected chi connectivity index (χ1v) is 8.35. The molecule has 0 aliphatic carbocycles. The number of benzene rings is 2. The van der Waals surface area contributed by atoms with E-state index < -0.39 is 17.8 Å². The lowest BCUT2D eigenvalue weighted by Crippen LogP contribution is -2.31. The molecular formula is C20H15N2O5-. The number of carboxylic acids is 1. The lowest BCUT2D eigenvalue weighted by Gasteiger charge is -2.13. The zero-order valence-electron chi connectivity index (χ0n) is 14.4. The van der Waals surface area contributed by atoms with Crippen molar-refractivity contribution in [2.45, 2.75) is 6.42 Å². The Kier molecular flexibility index (Phi) is 3.92. The molecule has 7 nitrogen and oxygen atoms in total. The predicted molar refractivity (Wildman–Crippen MR) is 94.7 cm³/mol. The van der Waals surface area contributed by atoms with E-state index in [-0.39, 0.29) is 23.2 Å². The Morgan fingerprint density at radius 3 is 2.63 bits per heavy atom. The number of methoxy groups -OCH3 is 1. The Hall–Kier alpha value is -3.61. The minimum atomic E-state index is -1.38. The number of nitrogens with one attached hydrogen (secondary N) is 1. The molecule has 1 aromatic heterocycles. The number of rotatable bonds is 5. The number of imide groups is 1. The summed E-state index contributed by atoms with van der Waals surface area (Å²) in [6.45, 7) is 0.192. The Morgan fingerprint density at radius 2 is 1.89 bits per heavy atom. The van der Waals surface area contributed by atoms with Crippen molar-refractivity contribution < 1.29 is 24.2 Å². The van der Waals surface area contributed by atoms with E-state index in [1.54, 1.807) is 7.11 Å². The summed E-state index contributed by atoms with van der Waals surface area (Å²) in [6, 6.07) is 9.48. The van der Waals surface area contributed by atoms with Crippen LogP contribution in [-0.4, -0.2) is 41.3 Å². The van der Waals surface area contributed by atoms with E-state index >= 15 is 0 Å². The van der Waals surface area contributed by atoms with Gasteiger partial charge in [-0.1, -0.05) is 6.07 Å². The average Bonchev–Trinajstić information content (AvgIpc) is 3.18. The summed E-state index contributed by atoms with van der Waals surface area (Å²) in [6.07, 6.45) is 2.31. The fourth-order valence-corrected chi connectivity index (χ4v) is 3.34. The molecule has 0 spiro atoms. The van der Waals surface area contributed by atoms with Gasteiger partial charge < -0.3 is 19.6 Å². The number of carbonyl (C=O) groups is 3. The van der Waals surface area contributed by atoms with Crippen LogP contribution in [-0.2, 0) is 6.42 Å². The smallest absolute Gasteiger partial charge is 0.261 e. The van der Waals surface area contributed by atoms with E-state index in [1.807, 2.05) is 24.4 Å². The van der Waals surface area contributed by atoms with Gasteiger partial charge in [0.25, 0.3) is 11.8 Å². The van der Waals surface area contributed by atoms with Crippen molar-refractivity contribution in [1.29, 1.82) is 0 Å². The number of aromatic nitrogens is 1. The summed E-state index contributed by atoms with van der Waals surface area (Å²) >= 11 is 0. The molecule has 2 aromatic carbocycles. The summed E-state index contributed by atoms with van der Waals surface area (Å²) in [5.74, 6) is -1.57. The maximum atomic E-state index is 12.6. The minimum Gasteiger partial charge on any atom is -0.545 e. The van der Waals surface area contributed by atoms with E-state index in [2.05, 4.69) is 4.98 Å². The fraction of sp³-hybridized carbons (Fsp3) is 0.150. The third-order valence-corrected chi connectivity index (χ3v) is 4.79. The molecule has 3 aromatic rings. The molecule has 0 fully saturated rings. The second-order valence-electron chi connectivity index (χ2n) is 6.29. The minimum absolute atomic E-state index is 0.0993. The summed E-state index contributed by atoms with van der Waals surface area (Å²) < 4.78 is 5.25. The highest BCUT2D eigenvalue weighted by atomic mass is 16.5. The molecule has 0 radical (unpaired) electrons. The molecular weight excluding hydrogens is 348 g/mol. The average molecular weight is 363 g/mol. The van der Waals surface area contributed by atoms with E-state index in [0.717, 1.165) is 27.1 Å². The highest BCUT2D eigenvalue weighted by Gasteiger charge is 2.35. The van der Waals surface area contributed by atoms with Crippen LogP contribution in [0.4, 0.5) is 0 Å². The third-order valence-electron chi connectivity index (χ3n) is 4.79. The summed E-state index contributed by atoms with van der Waals surface area (Å²) in [7, 11) is 1.59. The van der Waals surface area contributed by atoms with Crippen LogP contribution in [0.2, 0.25) is 0 Å². The maximum Gasteiger partial charge on any atom is 0.261 e. The van der Waals surface area contributed by atoms with E-state index in [4.69, 9.17) is 4.74 Å². The van der Waals surface area contributed by atoms with Gasteiger partial charge in [-0.3, -0.25) is 14.5 Å². The first-order chi connectivity index (χ1) is 13.0. The number of aromatic amines is 1. The zero-order valence-corrected chi connectivity index (χ0v) is 14.4. The first-order valence-electron chi connectivity index (χ1n) is 8.35. The van der Waals surface area contributed by atoms with Crippen molar-refractivity contribution in [2.24, 2.45) is 0 Å². The number of carbonyl (C=O) groups excluding carboxylic acids is 3. The Labute approximate surface area is 154 Å². The van der Waals surface area contributed by atoms with Crippen LogP contribution in [0, 0.1) is 0 Å². The molecule has 1 aliphatic heterocycles. The molecule has 0 unspecified atom stereocenters. The summed E-state index contributed by atoms with van der Waals surface area (Å²) in [4.78, 5) is 40.4. The quantitative estimate of drug-likeness (QED) is 0.690. The molecule has 1 N–H and O–H groups in total. The van der Waals surface area contributed by atoms with E-state index in [1.165, 1.54) is 18.2 Å². The van der Waals surface area contributed by atoms with E-state index in [9.17, 15) is 19.5 Å². The molecule has 0 atom stereocenters. The van der Waals surface area contributed by atoms with Gasteiger partial charge in [0.15, 0.2) is 0 Å². The Balaban J connectivity index is 1.58. The predicted octanol–water partition coefficient (Wildman–Crippen LogP) is 1.38. The highest BCUT2D eigenvalue weighted by Crippen LogP contribution is 2.27. The molecule has 2 heterocycles. The number of fused-ring (bicyclic) bond motifs is 2. The number of H-pyrrole nitrogens is 1. The largest absolute Gasteiger partial charge is 0.545 e. The van der Waals surface area contributed by atoms with Crippen molar-refractivity contribution in [3.8, 4) is 5.75 Å². The van der Waals surface area contributed by atoms with Gasteiger partial charge in [0, 0.05) is 23.6 Å². The van der Waals surface area contributed by atoms with Gasteiger partial charge in [-0.2, -0.15) is 0 Å². The second kappa shape index (κ2) is 6.28. The van der Waals surface area contributed by atoms with Crippen molar-refractivity contribution in [1.82, 2.24) is 9.88 Å². The topological polar surface area (TPSA) is 103 Å². The lowest BCUT2D eigenvalue weighted by atomic mass is 10.1. The van der Waals surface area contributed by atoms with Crippen molar-refractivity contribution >= 4 is 28.7 Å². The molecule has 136 valence electrons. The Morgan fingerprint density at radius 1 is 1.11 bits per heavy atom. The summed E-state index contributed by atoms with van der Waals surface area (Å²) in [5.41, 5.74) is 2.08. The van der Waals surface area contributed by atoms with Gasteiger partial charge in [0.1, 0.15) is 5.75 Å². The van der Waals surface area contributed by atoms with Gasteiger partial charge in [-0.05, 0) is 47.9 Å².